The zero-order chi connectivity index (χ0) is 20.4. The molecule has 0 aliphatic carbocycles. The number of nitrogen functional groups attached to an aromatic ring is 1. The van der Waals surface area contributed by atoms with E-state index in [-0.39, 0.29) is 11.4 Å². The minimum Gasteiger partial charge on any atom is -0.384 e. The lowest BCUT2D eigenvalue weighted by molar-refractivity contribution is 0.0973. The summed E-state index contributed by atoms with van der Waals surface area (Å²) < 4.78 is 1.97. The van der Waals surface area contributed by atoms with Gasteiger partial charge in [0.15, 0.2) is 5.78 Å². The number of benzene rings is 2. The summed E-state index contributed by atoms with van der Waals surface area (Å²) in [5, 5.41) is 3.09. The fourth-order valence-electron chi connectivity index (χ4n) is 3.01. The van der Waals surface area contributed by atoms with Crippen LogP contribution in [0.5, 0.6) is 0 Å². The van der Waals surface area contributed by atoms with Gasteiger partial charge in [0.25, 0.3) is 5.56 Å². The molecule has 0 aliphatic heterocycles. The normalized spacial score (nSPS) is 11.8. The highest BCUT2D eigenvalue weighted by atomic mass is 16.2. The van der Waals surface area contributed by atoms with E-state index in [4.69, 9.17) is 5.73 Å². The highest BCUT2D eigenvalue weighted by Crippen LogP contribution is 2.21. The summed E-state index contributed by atoms with van der Waals surface area (Å²) in [4.78, 5) is 37.1. The van der Waals surface area contributed by atoms with Crippen molar-refractivity contribution in [1.82, 2.24) is 9.13 Å². The van der Waals surface area contributed by atoms with Crippen molar-refractivity contribution in [2.45, 2.75) is 13.0 Å². The van der Waals surface area contributed by atoms with Crippen LogP contribution in [0.15, 0.2) is 64.2 Å². The molecule has 3 aromatic rings. The molecule has 0 aliphatic rings. The second-order valence-electron chi connectivity index (χ2n) is 6.64. The fourth-order valence-corrected chi connectivity index (χ4v) is 3.01. The Morgan fingerprint density at radius 1 is 0.929 bits per heavy atom. The lowest BCUT2D eigenvalue weighted by Crippen LogP contribution is -2.43. The Labute approximate surface area is 162 Å². The molecule has 1 atom stereocenters. The van der Waals surface area contributed by atoms with Gasteiger partial charge in [-0.25, -0.2) is 4.79 Å². The molecule has 0 bridgehead atoms. The monoisotopic (exact) mass is 378 g/mol. The molecule has 1 unspecified atom stereocenters. The smallest absolute Gasteiger partial charge is 0.332 e. The fraction of sp³-hybridized carbons (Fsp3) is 0.190. The van der Waals surface area contributed by atoms with Crippen LogP contribution in [0.1, 0.15) is 17.3 Å². The van der Waals surface area contributed by atoms with Crippen LogP contribution in [0.25, 0.3) is 11.1 Å². The Hall–Kier alpha value is -3.61. The first-order valence-corrected chi connectivity index (χ1v) is 8.83. The second-order valence-corrected chi connectivity index (χ2v) is 6.64. The Balaban J connectivity index is 1.84. The lowest BCUT2D eigenvalue weighted by Gasteiger charge is -2.17. The quantitative estimate of drug-likeness (QED) is 0.662. The van der Waals surface area contributed by atoms with Crippen molar-refractivity contribution in [1.29, 1.82) is 0 Å². The minimum atomic E-state index is -0.699. The van der Waals surface area contributed by atoms with Crippen molar-refractivity contribution in [2.24, 2.45) is 14.1 Å². The molecule has 28 heavy (non-hydrogen) atoms. The summed E-state index contributed by atoms with van der Waals surface area (Å²) in [6.45, 7) is 1.65. The topological polar surface area (TPSA) is 99.1 Å². The van der Waals surface area contributed by atoms with E-state index in [0.717, 1.165) is 25.9 Å². The zero-order valence-corrected chi connectivity index (χ0v) is 16.0. The molecular weight excluding hydrogens is 356 g/mol. The minimum absolute atomic E-state index is 0.133. The van der Waals surface area contributed by atoms with Crippen molar-refractivity contribution in [3.05, 3.63) is 81.0 Å². The maximum Gasteiger partial charge on any atom is 0.332 e. The number of ketones is 1. The van der Waals surface area contributed by atoms with Gasteiger partial charge >= 0.3 is 5.69 Å². The van der Waals surface area contributed by atoms with Gasteiger partial charge in [-0.15, -0.1) is 0 Å². The van der Waals surface area contributed by atoms with E-state index < -0.39 is 23.1 Å². The van der Waals surface area contributed by atoms with Crippen molar-refractivity contribution in [3.63, 3.8) is 0 Å². The van der Waals surface area contributed by atoms with Crippen molar-refractivity contribution in [3.8, 4) is 11.1 Å². The molecule has 2 aromatic carbocycles. The summed E-state index contributed by atoms with van der Waals surface area (Å²) >= 11 is 0. The van der Waals surface area contributed by atoms with Crippen LogP contribution in [0.3, 0.4) is 0 Å². The number of Topliss-reactive ketones (excluding diaryl/α,β-unsaturated/α-hetero) is 1. The highest BCUT2D eigenvalue weighted by Gasteiger charge is 2.24. The average molecular weight is 378 g/mol. The first kappa shape index (κ1) is 19.2. The third-order valence-corrected chi connectivity index (χ3v) is 4.72. The number of carbonyl (C=O) groups excluding carboxylic acids is 1. The standard InChI is InChI=1S/C21H22N4O3/c1-13(18(26)17-19(22)24(2)21(28)25(3)20(17)27)23-16-11-9-15(10-12-16)14-7-5-4-6-8-14/h4-13,23H,22H2,1-3H3. The first-order valence-electron chi connectivity index (χ1n) is 8.83. The molecule has 144 valence electrons. The third kappa shape index (κ3) is 3.46. The van der Waals surface area contributed by atoms with Crippen LogP contribution in [-0.2, 0) is 14.1 Å². The van der Waals surface area contributed by atoms with Crippen LogP contribution in [0.2, 0.25) is 0 Å². The maximum atomic E-state index is 12.8. The van der Waals surface area contributed by atoms with Gasteiger partial charge in [0.2, 0.25) is 0 Å². The highest BCUT2D eigenvalue weighted by molar-refractivity contribution is 6.04. The second kappa shape index (κ2) is 7.56. The Bertz CT molecular complexity index is 1130. The van der Waals surface area contributed by atoms with Crippen LogP contribution < -0.4 is 22.3 Å². The summed E-state index contributed by atoms with van der Waals surface area (Å²) in [6, 6.07) is 16.9. The van der Waals surface area contributed by atoms with E-state index in [1.807, 2.05) is 54.6 Å². The molecule has 0 fully saturated rings. The number of nitrogens with zero attached hydrogens (tertiary/aromatic N) is 2. The molecule has 0 spiro atoms. The molecular formula is C21H22N4O3. The number of hydrogen-bond acceptors (Lipinski definition) is 5. The molecule has 0 amide bonds. The third-order valence-electron chi connectivity index (χ3n) is 4.72. The van der Waals surface area contributed by atoms with E-state index >= 15 is 0 Å². The van der Waals surface area contributed by atoms with E-state index in [1.165, 1.54) is 14.1 Å². The molecule has 1 heterocycles. The van der Waals surface area contributed by atoms with Crippen LogP contribution in [0, 0.1) is 0 Å². The zero-order valence-electron chi connectivity index (χ0n) is 16.0. The van der Waals surface area contributed by atoms with Crippen molar-refractivity contribution < 1.29 is 4.79 Å². The van der Waals surface area contributed by atoms with Crippen LogP contribution in [0.4, 0.5) is 11.5 Å². The Morgan fingerprint density at radius 3 is 2.11 bits per heavy atom. The lowest BCUT2D eigenvalue weighted by atomic mass is 10.0. The van der Waals surface area contributed by atoms with E-state index in [2.05, 4.69) is 5.32 Å². The number of hydrogen-bond donors (Lipinski definition) is 2. The van der Waals surface area contributed by atoms with Crippen molar-refractivity contribution >= 4 is 17.3 Å². The molecule has 0 saturated heterocycles. The van der Waals surface area contributed by atoms with Gasteiger partial charge in [0.05, 0.1) is 6.04 Å². The van der Waals surface area contributed by atoms with Crippen LogP contribution >= 0.6 is 0 Å². The van der Waals surface area contributed by atoms with Gasteiger partial charge in [0.1, 0.15) is 11.4 Å². The molecule has 7 nitrogen and oxygen atoms in total. The number of nitrogens with one attached hydrogen (secondary N) is 1. The van der Waals surface area contributed by atoms with E-state index in [9.17, 15) is 14.4 Å². The SMILES string of the molecule is CC(Nc1ccc(-c2ccccc2)cc1)C(=O)c1c(N)n(C)c(=O)n(C)c1=O. The number of anilines is 2. The van der Waals surface area contributed by atoms with Gasteiger partial charge in [-0.05, 0) is 30.2 Å². The van der Waals surface area contributed by atoms with Gasteiger partial charge < -0.3 is 11.1 Å². The molecule has 0 saturated carbocycles. The number of rotatable bonds is 5. The van der Waals surface area contributed by atoms with Gasteiger partial charge in [-0.3, -0.25) is 18.7 Å². The molecule has 1 aromatic heterocycles. The predicted molar refractivity (Wildman–Crippen MR) is 111 cm³/mol. The molecule has 3 rings (SSSR count). The van der Waals surface area contributed by atoms with E-state index in [1.54, 1.807) is 6.92 Å². The Kier molecular flexibility index (Phi) is 5.17. The van der Waals surface area contributed by atoms with Gasteiger partial charge in [0, 0.05) is 19.8 Å². The van der Waals surface area contributed by atoms with E-state index in [0.29, 0.717) is 0 Å². The van der Waals surface area contributed by atoms with Gasteiger partial charge in [-0.2, -0.15) is 0 Å². The Morgan fingerprint density at radius 2 is 1.50 bits per heavy atom. The largest absolute Gasteiger partial charge is 0.384 e. The number of nitrogens with two attached hydrogens (primary N) is 1. The summed E-state index contributed by atoms with van der Waals surface area (Å²) in [6.07, 6.45) is 0. The molecule has 3 N–H and O–H groups in total. The van der Waals surface area contributed by atoms with Gasteiger partial charge in [-0.1, -0.05) is 42.5 Å². The van der Waals surface area contributed by atoms with Crippen LogP contribution in [-0.4, -0.2) is 21.0 Å². The maximum absolute atomic E-state index is 12.8. The first-order chi connectivity index (χ1) is 13.3. The summed E-state index contributed by atoms with van der Waals surface area (Å²) in [7, 11) is 2.75. The van der Waals surface area contributed by atoms with Crippen molar-refractivity contribution in [2.75, 3.05) is 11.1 Å². The average Bonchev–Trinajstić information content (AvgIpc) is 2.72. The molecule has 0 radical (unpaired) electrons. The predicted octanol–water partition coefficient (Wildman–Crippen LogP) is 2.02. The number of carbonyl (C=O) groups is 1. The number of aromatic nitrogens is 2. The summed E-state index contributed by atoms with van der Waals surface area (Å²) in [5.74, 6) is -0.605. The molecule has 7 heteroatoms. The summed E-state index contributed by atoms with van der Waals surface area (Å²) in [5.41, 5.74) is 7.30.